The molecular weight excluding hydrogens is 359 g/mol. The molecule has 0 spiro atoms. The number of carbonyl (C=O) groups is 1. The lowest BCUT2D eigenvalue weighted by Crippen LogP contribution is -2.23. The van der Waals surface area contributed by atoms with Crippen LogP contribution in [-0.4, -0.2) is 15.5 Å². The van der Waals surface area contributed by atoms with Crippen LogP contribution in [0.4, 0.5) is 18.9 Å². The average molecular weight is 375 g/mol. The molecule has 0 saturated carbocycles. The molecule has 0 atom stereocenters. The highest BCUT2D eigenvalue weighted by Crippen LogP contribution is 2.29. The highest BCUT2D eigenvalue weighted by molar-refractivity contribution is 5.90. The standard InChI is InChI=1S/C19H16F3N3O2/c1-12-3-2-4-15-17(12)23-11-25(18(15)27)10-9-16(26)24-14-7-5-13(6-8-14)19(20,21)22/h2-8,11H,9-10H2,1H3,(H,24,26). The summed E-state index contributed by atoms with van der Waals surface area (Å²) in [5, 5.41) is 2.99. The fourth-order valence-electron chi connectivity index (χ4n) is 2.68. The van der Waals surface area contributed by atoms with Crippen molar-refractivity contribution in [3.05, 3.63) is 70.3 Å². The second-order valence-electron chi connectivity index (χ2n) is 6.09. The molecule has 5 nitrogen and oxygen atoms in total. The lowest BCUT2D eigenvalue weighted by atomic mass is 10.1. The number of aryl methyl sites for hydroxylation is 2. The molecule has 0 aliphatic carbocycles. The van der Waals surface area contributed by atoms with Gasteiger partial charge in [0.1, 0.15) is 0 Å². The first kappa shape index (κ1) is 18.6. The predicted octanol–water partition coefficient (Wildman–Crippen LogP) is 3.75. The molecule has 0 saturated heterocycles. The van der Waals surface area contributed by atoms with Gasteiger partial charge in [0.25, 0.3) is 5.56 Å². The number of aromatic nitrogens is 2. The van der Waals surface area contributed by atoms with E-state index in [9.17, 15) is 22.8 Å². The first-order valence-electron chi connectivity index (χ1n) is 8.17. The van der Waals surface area contributed by atoms with Gasteiger partial charge < -0.3 is 5.32 Å². The van der Waals surface area contributed by atoms with Crippen molar-refractivity contribution < 1.29 is 18.0 Å². The lowest BCUT2D eigenvalue weighted by molar-refractivity contribution is -0.137. The smallest absolute Gasteiger partial charge is 0.326 e. The van der Waals surface area contributed by atoms with E-state index >= 15 is 0 Å². The van der Waals surface area contributed by atoms with Crippen molar-refractivity contribution in [3.63, 3.8) is 0 Å². The molecule has 3 rings (SSSR count). The van der Waals surface area contributed by atoms with Crippen LogP contribution in [0, 0.1) is 6.92 Å². The van der Waals surface area contributed by atoms with Gasteiger partial charge in [-0.15, -0.1) is 0 Å². The Labute approximate surface area is 152 Å². The van der Waals surface area contributed by atoms with Gasteiger partial charge in [-0.3, -0.25) is 14.2 Å². The van der Waals surface area contributed by atoms with Crippen LogP contribution in [0.15, 0.2) is 53.6 Å². The number of hydrogen-bond donors (Lipinski definition) is 1. The van der Waals surface area contributed by atoms with Gasteiger partial charge in [0.05, 0.1) is 22.8 Å². The third-order valence-corrected chi connectivity index (χ3v) is 4.13. The van der Waals surface area contributed by atoms with E-state index in [2.05, 4.69) is 10.3 Å². The number of rotatable bonds is 4. The fraction of sp³-hybridized carbons (Fsp3) is 0.211. The van der Waals surface area contributed by atoms with Crippen LogP contribution in [-0.2, 0) is 17.5 Å². The van der Waals surface area contributed by atoms with E-state index in [1.807, 2.05) is 13.0 Å². The number of para-hydroxylation sites is 1. The van der Waals surface area contributed by atoms with Gasteiger partial charge in [-0.05, 0) is 42.8 Å². The Morgan fingerprint density at radius 3 is 2.52 bits per heavy atom. The van der Waals surface area contributed by atoms with E-state index < -0.39 is 17.6 Å². The molecule has 8 heteroatoms. The van der Waals surface area contributed by atoms with Crippen LogP contribution >= 0.6 is 0 Å². The van der Waals surface area contributed by atoms with Crippen LogP contribution < -0.4 is 10.9 Å². The summed E-state index contributed by atoms with van der Waals surface area (Å²) in [7, 11) is 0. The summed E-state index contributed by atoms with van der Waals surface area (Å²) >= 11 is 0. The van der Waals surface area contributed by atoms with E-state index in [4.69, 9.17) is 0 Å². The second-order valence-corrected chi connectivity index (χ2v) is 6.09. The molecule has 3 aromatic rings. The Bertz CT molecular complexity index is 1040. The van der Waals surface area contributed by atoms with Crippen molar-refractivity contribution in [1.29, 1.82) is 0 Å². The molecule has 140 valence electrons. The molecule has 2 aromatic carbocycles. The van der Waals surface area contributed by atoms with E-state index in [1.165, 1.54) is 23.0 Å². The Kier molecular flexibility index (Phi) is 4.98. The maximum Gasteiger partial charge on any atom is 0.416 e. The number of halogens is 3. The number of nitrogens with zero attached hydrogens (tertiary/aromatic N) is 2. The van der Waals surface area contributed by atoms with Gasteiger partial charge in [0.2, 0.25) is 5.91 Å². The first-order valence-corrected chi connectivity index (χ1v) is 8.17. The Balaban J connectivity index is 1.67. The number of nitrogens with one attached hydrogen (secondary N) is 1. The van der Waals surface area contributed by atoms with Crippen molar-refractivity contribution in [3.8, 4) is 0 Å². The Morgan fingerprint density at radius 1 is 1.15 bits per heavy atom. The molecule has 0 aliphatic rings. The fourth-order valence-corrected chi connectivity index (χ4v) is 2.68. The van der Waals surface area contributed by atoms with Gasteiger partial charge in [0.15, 0.2) is 0 Å². The van der Waals surface area contributed by atoms with E-state index in [0.29, 0.717) is 10.9 Å². The largest absolute Gasteiger partial charge is 0.416 e. The molecule has 1 aromatic heterocycles. The summed E-state index contributed by atoms with van der Waals surface area (Å²) in [4.78, 5) is 28.8. The van der Waals surface area contributed by atoms with Crippen LogP contribution in [0.3, 0.4) is 0 Å². The first-order chi connectivity index (χ1) is 12.8. The highest BCUT2D eigenvalue weighted by Gasteiger charge is 2.29. The highest BCUT2D eigenvalue weighted by atomic mass is 19.4. The van der Waals surface area contributed by atoms with Crippen molar-refractivity contribution in [1.82, 2.24) is 9.55 Å². The summed E-state index contributed by atoms with van der Waals surface area (Å²) in [6.45, 7) is 1.97. The van der Waals surface area contributed by atoms with Crippen LogP contribution in [0.25, 0.3) is 10.9 Å². The number of hydrogen-bond acceptors (Lipinski definition) is 3. The molecule has 1 amide bonds. The van der Waals surface area contributed by atoms with Gasteiger partial charge in [-0.25, -0.2) is 4.98 Å². The molecule has 0 fully saturated rings. The molecule has 1 heterocycles. The Hall–Kier alpha value is -3.16. The second kappa shape index (κ2) is 7.22. The Morgan fingerprint density at radius 2 is 1.85 bits per heavy atom. The number of fused-ring (bicyclic) bond motifs is 1. The van der Waals surface area contributed by atoms with Gasteiger partial charge in [0, 0.05) is 18.7 Å². The van der Waals surface area contributed by atoms with Gasteiger partial charge >= 0.3 is 6.18 Å². The zero-order chi connectivity index (χ0) is 19.6. The maximum atomic E-state index is 12.5. The van der Waals surface area contributed by atoms with Crippen molar-refractivity contribution in [2.45, 2.75) is 26.1 Å². The normalized spacial score (nSPS) is 11.6. The molecule has 0 aliphatic heterocycles. The zero-order valence-corrected chi connectivity index (χ0v) is 14.4. The van der Waals surface area contributed by atoms with E-state index in [-0.39, 0.29) is 24.2 Å². The van der Waals surface area contributed by atoms with Crippen molar-refractivity contribution >= 4 is 22.5 Å². The lowest BCUT2D eigenvalue weighted by Gasteiger charge is -2.10. The monoisotopic (exact) mass is 375 g/mol. The van der Waals surface area contributed by atoms with Crippen LogP contribution in [0.5, 0.6) is 0 Å². The average Bonchev–Trinajstić information content (AvgIpc) is 2.61. The van der Waals surface area contributed by atoms with Gasteiger partial charge in [-0.2, -0.15) is 13.2 Å². The maximum absolute atomic E-state index is 12.5. The number of amides is 1. The SMILES string of the molecule is Cc1cccc2c(=O)n(CCC(=O)Nc3ccc(C(F)(F)F)cc3)cnc12. The third kappa shape index (κ3) is 4.16. The topological polar surface area (TPSA) is 64.0 Å². The van der Waals surface area contributed by atoms with Crippen molar-refractivity contribution in [2.24, 2.45) is 0 Å². The predicted molar refractivity (Wildman–Crippen MR) is 95.4 cm³/mol. The van der Waals surface area contributed by atoms with E-state index in [1.54, 1.807) is 12.1 Å². The minimum absolute atomic E-state index is 0.0140. The van der Waals surface area contributed by atoms with Crippen LogP contribution in [0.1, 0.15) is 17.5 Å². The summed E-state index contributed by atoms with van der Waals surface area (Å²) in [5.74, 6) is -0.411. The minimum Gasteiger partial charge on any atom is -0.326 e. The molecule has 0 radical (unpaired) electrons. The molecule has 1 N–H and O–H groups in total. The van der Waals surface area contributed by atoms with E-state index in [0.717, 1.165) is 17.7 Å². The van der Waals surface area contributed by atoms with Crippen LogP contribution in [0.2, 0.25) is 0 Å². The molecule has 27 heavy (non-hydrogen) atoms. The molecular formula is C19H16F3N3O2. The number of benzene rings is 2. The quantitative estimate of drug-likeness (QED) is 0.755. The van der Waals surface area contributed by atoms with Gasteiger partial charge in [-0.1, -0.05) is 12.1 Å². The summed E-state index contributed by atoms with van der Waals surface area (Å²) in [5.41, 5.74) is 0.730. The molecule has 0 bridgehead atoms. The minimum atomic E-state index is -4.43. The molecule has 0 unspecified atom stereocenters. The number of alkyl halides is 3. The number of carbonyl (C=O) groups excluding carboxylic acids is 1. The summed E-state index contributed by atoms with van der Waals surface area (Å²) in [6, 6.07) is 9.47. The third-order valence-electron chi connectivity index (χ3n) is 4.13. The van der Waals surface area contributed by atoms with Crippen molar-refractivity contribution in [2.75, 3.05) is 5.32 Å². The zero-order valence-electron chi connectivity index (χ0n) is 14.4. The summed E-state index contributed by atoms with van der Waals surface area (Å²) in [6.07, 6.45) is -3.05. The summed E-state index contributed by atoms with van der Waals surface area (Å²) < 4.78 is 39.0. The number of anilines is 1.